The Balaban J connectivity index is 1.60. The molecule has 0 radical (unpaired) electrons. The van der Waals surface area contributed by atoms with E-state index < -0.39 is 0 Å². The molecule has 2 aromatic heterocycles. The molecule has 8 nitrogen and oxygen atoms in total. The number of aromatic nitrogens is 7. The molecule has 142 valence electrons. The van der Waals surface area contributed by atoms with E-state index in [0.717, 1.165) is 47.3 Å². The topological polar surface area (TPSA) is 105 Å². The van der Waals surface area contributed by atoms with Crippen molar-refractivity contribution in [2.45, 2.75) is 32.7 Å². The number of nitrogens with one attached hydrogen (secondary N) is 2. The van der Waals surface area contributed by atoms with Crippen LogP contribution in [0.15, 0.2) is 53.3 Å². The zero-order chi connectivity index (χ0) is 19.3. The fraction of sp³-hybridized carbons (Fsp3) is 0.250. The molecule has 2 N–H and O–H groups in total. The summed E-state index contributed by atoms with van der Waals surface area (Å²) in [6, 6.07) is 16.1. The quantitative estimate of drug-likeness (QED) is 0.517. The lowest BCUT2D eigenvalue weighted by molar-refractivity contribution is 0.666. The lowest BCUT2D eigenvalue weighted by Crippen LogP contribution is -2.19. The highest BCUT2D eigenvalue weighted by Crippen LogP contribution is 2.29. The normalized spacial score (nSPS) is 11.0. The van der Waals surface area contributed by atoms with Crippen molar-refractivity contribution in [1.82, 2.24) is 35.4 Å². The second-order valence-corrected chi connectivity index (χ2v) is 6.63. The van der Waals surface area contributed by atoms with E-state index in [4.69, 9.17) is 0 Å². The Labute approximate surface area is 161 Å². The van der Waals surface area contributed by atoms with Gasteiger partial charge in [0, 0.05) is 12.0 Å². The molecule has 2 heterocycles. The second kappa shape index (κ2) is 7.99. The highest BCUT2D eigenvalue weighted by molar-refractivity contribution is 5.80. The molecule has 0 amide bonds. The minimum absolute atomic E-state index is 0.168. The standard InChI is InChI=1S/C20H21N7O/c1-2-3-8-18-21-24-20(28)27(18)13-14-9-11-15(12-10-14)16-6-4-5-7-17(16)19-22-25-26-23-19/h4-7,9-12H,2-3,8,13H2,1H3,(H,24,28)(H,22,23,25,26). The van der Waals surface area contributed by atoms with Crippen LogP contribution in [0.25, 0.3) is 22.5 Å². The number of unbranched alkanes of at least 4 members (excludes halogenated alkanes) is 1. The largest absolute Gasteiger partial charge is 0.343 e. The number of nitrogens with zero attached hydrogens (tertiary/aromatic N) is 5. The SMILES string of the molecule is CCCCc1n[nH]c(=O)n1Cc1ccc(-c2ccccc2-c2nnn[nH]2)cc1. The van der Waals surface area contributed by atoms with E-state index in [-0.39, 0.29) is 5.69 Å². The van der Waals surface area contributed by atoms with Gasteiger partial charge in [-0.2, -0.15) is 5.10 Å². The van der Waals surface area contributed by atoms with Crippen LogP contribution >= 0.6 is 0 Å². The minimum Gasteiger partial charge on any atom is -0.275 e. The number of tetrazole rings is 1. The molecule has 0 atom stereocenters. The Bertz CT molecular complexity index is 1090. The van der Waals surface area contributed by atoms with Gasteiger partial charge >= 0.3 is 5.69 Å². The van der Waals surface area contributed by atoms with Crippen LogP contribution in [-0.4, -0.2) is 35.4 Å². The summed E-state index contributed by atoms with van der Waals surface area (Å²) in [4.78, 5) is 12.1. The van der Waals surface area contributed by atoms with Crippen LogP contribution < -0.4 is 5.69 Å². The van der Waals surface area contributed by atoms with Crippen molar-refractivity contribution >= 4 is 0 Å². The van der Waals surface area contributed by atoms with Crippen LogP contribution in [0.1, 0.15) is 31.2 Å². The molecule has 28 heavy (non-hydrogen) atoms. The van der Waals surface area contributed by atoms with Crippen LogP contribution in [0.2, 0.25) is 0 Å². The summed E-state index contributed by atoms with van der Waals surface area (Å²) in [7, 11) is 0. The van der Waals surface area contributed by atoms with Crippen LogP contribution in [-0.2, 0) is 13.0 Å². The smallest absolute Gasteiger partial charge is 0.275 e. The molecule has 0 aliphatic heterocycles. The maximum Gasteiger partial charge on any atom is 0.343 e. The van der Waals surface area contributed by atoms with Crippen molar-refractivity contribution in [2.24, 2.45) is 0 Å². The van der Waals surface area contributed by atoms with Gasteiger partial charge in [-0.1, -0.05) is 61.9 Å². The molecule has 4 rings (SSSR count). The monoisotopic (exact) mass is 375 g/mol. The first-order valence-electron chi connectivity index (χ1n) is 9.32. The van der Waals surface area contributed by atoms with Gasteiger partial charge in [-0.25, -0.2) is 15.0 Å². The first-order valence-corrected chi connectivity index (χ1v) is 9.32. The summed E-state index contributed by atoms with van der Waals surface area (Å²) in [6.45, 7) is 2.63. The summed E-state index contributed by atoms with van der Waals surface area (Å²) in [5.41, 5.74) is 3.91. The van der Waals surface area contributed by atoms with E-state index in [1.165, 1.54) is 0 Å². The molecule has 0 aliphatic carbocycles. The van der Waals surface area contributed by atoms with E-state index in [2.05, 4.69) is 49.9 Å². The van der Waals surface area contributed by atoms with Crippen LogP contribution in [0.4, 0.5) is 0 Å². The molecule has 0 saturated heterocycles. The number of benzene rings is 2. The van der Waals surface area contributed by atoms with Crippen molar-refractivity contribution < 1.29 is 0 Å². The Morgan fingerprint density at radius 3 is 2.50 bits per heavy atom. The predicted octanol–water partition coefficient (Wildman–Crippen LogP) is 2.81. The number of hydrogen-bond acceptors (Lipinski definition) is 5. The van der Waals surface area contributed by atoms with Gasteiger partial charge < -0.3 is 0 Å². The van der Waals surface area contributed by atoms with E-state index in [1.54, 1.807) is 4.57 Å². The highest BCUT2D eigenvalue weighted by atomic mass is 16.1. The molecule has 0 fully saturated rings. The zero-order valence-corrected chi connectivity index (χ0v) is 15.6. The Morgan fingerprint density at radius 2 is 1.79 bits per heavy atom. The summed E-state index contributed by atoms with van der Waals surface area (Å²) >= 11 is 0. The predicted molar refractivity (Wildman–Crippen MR) is 106 cm³/mol. The van der Waals surface area contributed by atoms with E-state index in [9.17, 15) is 4.79 Å². The number of hydrogen-bond donors (Lipinski definition) is 2. The third-order valence-corrected chi connectivity index (χ3v) is 4.72. The van der Waals surface area contributed by atoms with Crippen LogP contribution in [0.3, 0.4) is 0 Å². The average molecular weight is 375 g/mol. The van der Waals surface area contributed by atoms with Crippen molar-refractivity contribution in [1.29, 1.82) is 0 Å². The molecule has 0 unspecified atom stereocenters. The lowest BCUT2D eigenvalue weighted by Gasteiger charge is -2.09. The summed E-state index contributed by atoms with van der Waals surface area (Å²) in [5.74, 6) is 1.43. The Morgan fingerprint density at radius 1 is 1.00 bits per heavy atom. The highest BCUT2D eigenvalue weighted by Gasteiger charge is 2.11. The fourth-order valence-corrected chi connectivity index (χ4v) is 3.23. The van der Waals surface area contributed by atoms with Crippen molar-refractivity contribution in [3.05, 3.63) is 70.4 Å². The molecule has 0 spiro atoms. The molecule has 2 aromatic carbocycles. The van der Waals surface area contributed by atoms with Crippen LogP contribution in [0, 0.1) is 0 Å². The number of aryl methyl sites for hydroxylation is 1. The first-order chi connectivity index (χ1) is 13.8. The van der Waals surface area contributed by atoms with Crippen LogP contribution in [0.5, 0.6) is 0 Å². The third-order valence-electron chi connectivity index (χ3n) is 4.72. The lowest BCUT2D eigenvalue weighted by atomic mass is 9.98. The third kappa shape index (κ3) is 3.62. The maximum atomic E-state index is 12.1. The van der Waals surface area contributed by atoms with Gasteiger partial charge in [-0.15, -0.1) is 5.10 Å². The van der Waals surface area contributed by atoms with E-state index in [0.29, 0.717) is 12.4 Å². The number of aromatic amines is 2. The van der Waals surface area contributed by atoms with Gasteiger partial charge in [0.25, 0.3) is 0 Å². The number of H-pyrrole nitrogens is 2. The van der Waals surface area contributed by atoms with Gasteiger partial charge in [0.2, 0.25) is 0 Å². The molecule has 8 heteroatoms. The van der Waals surface area contributed by atoms with E-state index in [1.807, 2.05) is 36.4 Å². The summed E-state index contributed by atoms with van der Waals surface area (Å²) < 4.78 is 1.71. The first kappa shape index (κ1) is 17.8. The molecule has 0 aliphatic rings. The van der Waals surface area contributed by atoms with Gasteiger partial charge in [0.05, 0.1) is 6.54 Å². The second-order valence-electron chi connectivity index (χ2n) is 6.63. The maximum absolute atomic E-state index is 12.1. The molecular formula is C20H21N7O. The van der Waals surface area contributed by atoms with Gasteiger partial charge in [0.1, 0.15) is 5.82 Å². The fourth-order valence-electron chi connectivity index (χ4n) is 3.23. The van der Waals surface area contributed by atoms with E-state index >= 15 is 0 Å². The molecule has 4 aromatic rings. The van der Waals surface area contributed by atoms with Gasteiger partial charge in [0.15, 0.2) is 5.82 Å². The Kier molecular flexibility index (Phi) is 5.09. The Hall–Kier alpha value is -3.55. The minimum atomic E-state index is -0.168. The van der Waals surface area contributed by atoms with Crippen molar-refractivity contribution in [3.8, 4) is 22.5 Å². The molecule has 0 saturated carbocycles. The van der Waals surface area contributed by atoms with Crippen molar-refractivity contribution in [3.63, 3.8) is 0 Å². The summed E-state index contributed by atoms with van der Waals surface area (Å²) in [6.07, 6.45) is 2.87. The van der Waals surface area contributed by atoms with Crippen molar-refractivity contribution in [2.75, 3.05) is 0 Å². The average Bonchev–Trinajstić information content (AvgIpc) is 3.38. The molecule has 0 bridgehead atoms. The van der Waals surface area contributed by atoms with Gasteiger partial charge in [-0.05, 0) is 33.5 Å². The molecular weight excluding hydrogens is 354 g/mol. The van der Waals surface area contributed by atoms with Gasteiger partial charge in [-0.3, -0.25) is 4.57 Å². The number of rotatable bonds is 7. The zero-order valence-electron chi connectivity index (χ0n) is 15.6. The summed E-state index contributed by atoms with van der Waals surface area (Å²) in [5, 5.41) is 20.9.